The fourth-order valence-corrected chi connectivity index (χ4v) is 2.86. The van der Waals surface area contributed by atoms with Gasteiger partial charge in [0.1, 0.15) is 11.3 Å². The Morgan fingerprint density at radius 3 is 2.35 bits per heavy atom. The van der Waals surface area contributed by atoms with Crippen molar-refractivity contribution in [3.8, 4) is 16.9 Å². The molecule has 0 radical (unpaired) electrons. The van der Waals surface area contributed by atoms with Crippen LogP contribution in [0.3, 0.4) is 0 Å². The molecule has 0 unspecified atom stereocenters. The first-order chi connectivity index (χ1) is 15.0. The number of benzene rings is 2. The minimum atomic E-state index is -0.675. The summed E-state index contributed by atoms with van der Waals surface area (Å²) in [5.41, 5.74) is 3.32. The molecule has 0 atom stereocenters. The molecule has 2 amide bonds. The summed E-state index contributed by atoms with van der Waals surface area (Å²) in [6.45, 7) is 3.55. The average molecular weight is 420 g/mol. The molecule has 0 saturated heterocycles. The monoisotopic (exact) mass is 420 g/mol. The molecule has 3 aromatic rings. The molecule has 8 nitrogen and oxygen atoms in total. The van der Waals surface area contributed by atoms with Gasteiger partial charge in [0.15, 0.2) is 6.61 Å². The number of hydrogen-bond donors (Lipinski definition) is 2. The molecule has 31 heavy (non-hydrogen) atoms. The Bertz CT molecular complexity index is 1060. The summed E-state index contributed by atoms with van der Waals surface area (Å²) in [5.74, 6) is -1.55. The third-order valence-corrected chi connectivity index (χ3v) is 4.43. The van der Waals surface area contributed by atoms with E-state index in [-0.39, 0.29) is 18.0 Å². The van der Waals surface area contributed by atoms with Crippen LogP contribution in [-0.2, 0) is 14.3 Å². The van der Waals surface area contributed by atoms with Crippen LogP contribution >= 0.6 is 0 Å². The lowest BCUT2D eigenvalue weighted by Crippen LogP contribution is -2.38. The first-order valence-corrected chi connectivity index (χ1v) is 9.90. The number of aryl methyl sites for hydroxylation is 1. The Labute approximate surface area is 180 Å². The molecule has 2 aromatic carbocycles. The number of rotatable bonds is 8. The molecule has 2 N–H and O–H groups in total. The van der Waals surface area contributed by atoms with Crippen LogP contribution < -0.4 is 10.6 Å². The van der Waals surface area contributed by atoms with Crippen molar-refractivity contribution < 1.29 is 19.1 Å². The Kier molecular flexibility index (Phi) is 7.16. The Hall–Kier alpha value is -3.94. The van der Waals surface area contributed by atoms with Gasteiger partial charge in [-0.3, -0.25) is 9.59 Å². The summed E-state index contributed by atoms with van der Waals surface area (Å²) in [5, 5.41) is 9.55. The van der Waals surface area contributed by atoms with Gasteiger partial charge in [0.25, 0.3) is 5.91 Å². The molecule has 0 fully saturated rings. The van der Waals surface area contributed by atoms with Crippen LogP contribution in [0.25, 0.3) is 16.9 Å². The van der Waals surface area contributed by atoms with E-state index in [1.54, 1.807) is 17.8 Å². The van der Waals surface area contributed by atoms with Gasteiger partial charge in [0.2, 0.25) is 5.91 Å². The predicted octanol–water partition coefficient (Wildman–Crippen LogP) is 2.26. The van der Waals surface area contributed by atoms with Gasteiger partial charge in [-0.15, -0.1) is 0 Å². The van der Waals surface area contributed by atoms with Crippen molar-refractivity contribution in [1.29, 1.82) is 0 Å². The smallest absolute Gasteiger partial charge is 0.342 e. The second kappa shape index (κ2) is 10.2. The van der Waals surface area contributed by atoms with E-state index in [9.17, 15) is 14.4 Å². The van der Waals surface area contributed by atoms with Crippen molar-refractivity contribution in [1.82, 2.24) is 20.4 Å². The maximum Gasteiger partial charge on any atom is 0.342 e. The van der Waals surface area contributed by atoms with Crippen molar-refractivity contribution >= 4 is 17.8 Å². The second-order valence-electron chi connectivity index (χ2n) is 6.84. The topological polar surface area (TPSA) is 102 Å². The lowest BCUT2D eigenvalue weighted by atomic mass is 10.1. The van der Waals surface area contributed by atoms with E-state index in [0.717, 1.165) is 16.8 Å². The highest BCUT2D eigenvalue weighted by atomic mass is 16.5. The number of aromatic nitrogens is 2. The number of carbonyl (C=O) groups excluding carboxylic acids is 3. The number of para-hydroxylation sites is 1. The fraction of sp³-hybridized carbons (Fsp3) is 0.217. The van der Waals surface area contributed by atoms with Crippen LogP contribution in [0, 0.1) is 6.92 Å². The maximum absolute atomic E-state index is 12.8. The molecule has 0 saturated carbocycles. The highest BCUT2D eigenvalue weighted by Gasteiger charge is 2.21. The normalized spacial score (nSPS) is 10.4. The quantitative estimate of drug-likeness (QED) is 0.544. The van der Waals surface area contributed by atoms with E-state index in [1.165, 1.54) is 0 Å². The zero-order valence-corrected chi connectivity index (χ0v) is 17.4. The minimum absolute atomic E-state index is 0.176. The molecule has 0 aliphatic rings. The van der Waals surface area contributed by atoms with Gasteiger partial charge in [-0.05, 0) is 26.0 Å². The number of esters is 1. The van der Waals surface area contributed by atoms with Gasteiger partial charge in [-0.2, -0.15) is 5.10 Å². The number of nitrogens with one attached hydrogen (secondary N) is 2. The summed E-state index contributed by atoms with van der Waals surface area (Å²) >= 11 is 0. The summed E-state index contributed by atoms with van der Waals surface area (Å²) in [7, 11) is 0. The molecule has 0 spiro atoms. The van der Waals surface area contributed by atoms with E-state index < -0.39 is 18.5 Å². The number of amides is 2. The van der Waals surface area contributed by atoms with E-state index in [0.29, 0.717) is 12.2 Å². The Morgan fingerprint density at radius 1 is 0.968 bits per heavy atom. The molecule has 0 aliphatic carbocycles. The van der Waals surface area contributed by atoms with Crippen LogP contribution in [-0.4, -0.2) is 47.3 Å². The third-order valence-electron chi connectivity index (χ3n) is 4.43. The lowest BCUT2D eigenvalue weighted by molar-refractivity contribution is -0.127. The molecule has 0 aliphatic heterocycles. The summed E-state index contributed by atoms with van der Waals surface area (Å²) in [6.07, 6.45) is 1.58. The molecule has 1 heterocycles. The molecule has 3 rings (SSSR count). The Balaban J connectivity index is 1.77. The van der Waals surface area contributed by atoms with Gasteiger partial charge >= 0.3 is 5.97 Å². The van der Waals surface area contributed by atoms with Gasteiger partial charge in [0.05, 0.1) is 12.2 Å². The maximum atomic E-state index is 12.8. The third kappa shape index (κ3) is 5.79. The summed E-state index contributed by atoms with van der Waals surface area (Å²) in [4.78, 5) is 36.1. The number of carbonyl (C=O) groups is 3. The second-order valence-corrected chi connectivity index (χ2v) is 6.84. The van der Waals surface area contributed by atoms with Gasteiger partial charge in [0, 0.05) is 18.3 Å². The molecule has 8 heteroatoms. The van der Waals surface area contributed by atoms with Crippen LogP contribution in [0.4, 0.5) is 0 Å². The van der Waals surface area contributed by atoms with Crippen molar-refractivity contribution in [3.05, 3.63) is 71.9 Å². The van der Waals surface area contributed by atoms with Crippen molar-refractivity contribution in [2.75, 3.05) is 19.7 Å². The predicted molar refractivity (Wildman–Crippen MR) is 116 cm³/mol. The molecular formula is C23H24N4O4. The van der Waals surface area contributed by atoms with Gasteiger partial charge < -0.3 is 15.4 Å². The highest BCUT2D eigenvalue weighted by Crippen LogP contribution is 2.25. The van der Waals surface area contributed by atoms with Crippen LogP contribution in [0.5, 0.6) is 0 Å². The van der Waals surface area contributed by atoms with Crippen molar-refractivity contribution in [2.24, 2.45) is 0 Å². The molecule has 1 aromatic heterocycles. The van der Waals surface area contributed by atoms with Crippen LogP contribution in [0.2, 0.25) is 0 Å². The van der Waals surface area contributed by atoms with E-state index in [4.69, 9.17) is 4.74 Å². The highest BCUT2D eigenvalue weighted by molar-refractivity contribution is 5.97. The fourth-order valence-electron chi connectivity index (χ4n) is 2.86. The van der Waals surface area contributed by atoms with Crippen molar-refractivity contribution in [3.63, 3.8) is 0 Å². The first kappa shape index (κ1) is 21.8. The molecular weight excluding hydrogens is 396 g/mol. The van der Waals surface area contributed by atoms with E-state index >= 15 is 0 Å². The van der Waals surface area contributed by atoms with Gasteiger partial charge in [-0.25, -0.2) is 9.48 Å². The van der Waals surface area contributed by atoms with Crippen LogP contribution in [0.15, 0.2) is 60.8 Å². The minimum Gasteiger partial charge on any atom is -0.452 e. The summed E-state index contributed by atoms with van der Waals surface area (Å²) < 4.78 is 6.78. The van der Waals surface area contributed by atoms with Crippen molar-refractivity contribution in [2.45, 2.75) is 13.8 Å². The van der Waals surface area contributed by atoms with Gasteiger partial charge in [-0.1, -0.05) is 48.0 Å². The zero-order chi connectivity index (χ0) is 22.2. The van der Waals surface area contributed by atoms with E-state index in [2.05, 4.69) is 15.7 Å². The number of likely N-dealkylation sites (N-methyl/N-ethyl adjacent to an activating group) is 1. The number of hydrogen-bond acceptors (Lipinski definition) is 5. The lowest BCUT2D eigenvalue weighted by Gasteiger charge is -2.07. The largest absolute Gasteiger partial charge is 0.452 e. The number of ether oxygens (including phenoxy) is 1. The average Bonchev–Trinajstić information content (AvgIpc) is 3.23. The first-order valence-electron chi connectivity index (χ1n) is 9.90. The standard InChI is InChI=1S/C23H24N4O4/c1-3-24-20(28)13-25-21(29)15-31-23(30)19-14-27(18-7-5-4-6-8-18)26-22(19)17-11-9-16(2)10-12-17/h4-12,14H,3,13,15H2,1-2H3,(H,24,28)(H,25,29). The van der Waals surface area contributed by atoms with Crippen LogP contribution in [0.1, 0.15) is 22.8 Å². The molecule has 160 valence electrons. The molecule has 0 bridgehead atoms. The Morgan fingerprint density at radius 2 is 1.68 bits per heavy atom. The SMILES string of the molecule is CCNC(=O)CNC(=O)COC(=O)c1cn(-c2ccccc2)nc1-c1ccc(C)cc1. The zero-order valence-electron chi connectivity index (χ0n) is 17.4. The van der Waals surface area contributed by atoms with E-state index in [1.807, 2.05) is 61.5 Å². The number of nitrogens with zero attached hydrogens (tertiary/aromatic N) is 2. The summed E-state index contributed by atoms with van der Waals surface area (Å²) in [6, 6.07) is 17.0.